The fourth-order valence-electron chi connectivity index (χ4n) is 8.80. The van der Waals surface area contributed by atoms with Crippen molar-refractivity contribution < 1.29 is 39.2 Å². The van der Waals surface area contributed by atoms with Gasteiger partial charge >= 0.3 is 5.97 Å². The van der Waals surface area contributed by atoms with E-state index in [1.165, 1.54) is 0 Å². The molecule has 4 aliphatic rings. The Bertz CT molecular complexity index is 1270. The quantitative estimate of drug-likeness (QED) is 0.325. The number of carbonyl (C=O) groups is 4. The van der Waals surface area contributed by atoms with Gasteiger partial charge in [-0.05, 0) is 91.9 Å². The highest BCUT2D eigenvalue weighted by Gasteiger charge is 2.68. The van der Waals surface area contributed by atoms with Crippen molar-refractivity contribution in [2.45, 2.75) is 89.8 Å². The smallest absolute Gasteiger partial charge is 0.306 e. The summed E-state index contributed by atoms with van der Waals surface area (Å²) in [6.45, 7) is 3.86. The fraction of sp³-hybridized carbons (Fsp3) is 0.636. The number of esters is 1. The second-order valence-corrected chi connectivity index (χ2v) is 13.3. The lowest BCUT2D eigenvalue weighted by molar-refractivity contribution is -0.184. The highest BCUT2D eigenvalue weighted by atomic mass is 16.5. The summed E-state index contributed by atoms with van der Waals surface area (Å²) < 4.78 is 5.22. The van der Waals surface area contributed by atoms with Crippen molar-refractivity contribution in [3.8, 4) is 5.75 Å². The van der Waals surface area contributed by atoms with E-state index < -0.39 is 35.5 Å². The SMILES string of the molecule is C[C@]12CCC(=O)C=C1CC[C@@H]1[C@@H]2[C@H](O)C[C@]2(C)[C@@H]1CC[C@]2(O)C(=O)COC(=O)CCC(=O)NCCc1ccc(O)cc1. The van der Waals surface area contributed by atoms with Crippen LogP contribution in [0.5, 0.6) is 5.75 Å². The van der Waals surface area contributed by atoms with E-state index in [2.05, 4.69) is 12.2 Å². The molecule has 42 heavy (non-hydrogen) atoms. The summed E-state index contributed by atoms with van der Waals surface area (Å²) >= 11 is 0. The molecule has 4 aliphatic carbocycles. The number of carbonyl (C=O) groups excluding carboxylic acids is 4. The van der Waals surface area contributed by atoms with Gasteiger partial charge in [-0.3, -0.25) is 19.2 Å². The molecule has 228 valence electrons. The second-order valence-electron chi connectivity index (χ2n) is 13.3. The number of hydrogen-bond donors (Lipinski definition) is 4. The average molecular weight is 582 g/mol. The van der Waals surface area contributed by atoms with Crippen LogP contribution in [0.1, 0.15) is 77.2 Å². The van der Waals surface area contributed by atoms with Gasteiger partial charge in [-0.2, -0.15) is 0 Å². The zero-order chi connectivity index (χ0) is 30.3. The molecular formula is C33H43NO8. The highest BCUT2D eigenvalue weighted by Crippen LogP contribution is 2.67. The first-order chi connectivity index (χ1) is 19.9. The molecule has 0 heterocycles. The largest absolute Gasteiger partial charge is 0.508 e. The molecule has 1 aromatic rings. The molecule has 0 unspecified atom stereocenters. The van der Waals surface area contributed by atoms with E-state index >= 15 is 0 Å². The topological polar surface area (TPSA) is 150 Å². The molecule has 0 bridgehead atoms. The molecule has 0 aromatic heterocycles. The van der Waals surface area contributed by atoms with Crippen molar-refractivity contribution in [3.63, 3.8) is 0 Å². The van der Waals surface area contributed by atoms with E-state index in [9.17, 15) is 34.5 Å². The predicted octanol–water partition coefficient (Wildman–Crippen LogP) is 3.18. The third-order valence-electron chi connectivity index (χ3n) is 11.1. The Hall–Kier alpha value is -3.04. The Labute approximate surface area is 246 Å². The molecule has 0 saturated heterocycles. The van der Waals surface area contributed by atoms with Crippen LogP contribution in [0.3, 0.4) is 0 Å². The molecule has 9 nitrogen and oxygen atoms in total. The summed E-state index contributed by atoms with van der Waals surface area (Å²) in [7, 11) is 0. The summed E-state index contributed by atoms with van der Waals surface area (Å²) in [5.74, 6) is -1.08. The third kappa shape index (κ3) is 5.41. The van der Waals surface area contributed by atoms with E-state index in [0.29, 0.717) is 25.8 Å². The zero-order valence-corrected chi connectivity index (χ0v) is 24.6. The van der Waals surface area contributed by atoms with Gasteiger partial charge in [0.15, 0.2) is 12.4 Å². The summed E-state index contributed by atoms with van der Waals surface area (Å²) in [6.07, 6.45) is 5.36. The molecule has 5 rings (SSSR count). The van der Waals surface area contributed by atoms with Gasteiger partial charge in [0, 0.05) is 24.8 Å². The number of ketones is 2. The van der Waals surface area contributed by atoms with Crippen molar-refractivity contribution in [1.82, 2.24) is 5.32 Å². The molecule has 0 spiro atoms. The molecule has 3 fully saturated rings. The molecule has 0 radical (unpaired) electrons. The molecule has 0 aliphatic heterocycles. The van der Waals surface area contributed by atoms with Gasteiger partial charge in [0.2, 0.25) is 11.7 Å². The van der Waals surface area contributed by atoms with Crippen LogP contribution in [0.2, 0.25) is 0 Å². The normalized spacial score (nSPS) is 35.3. The number of allylic oxidation sites excluding steroid dienone is 1. The van der Waals surface area contributed by atoms with Crippen LogP contribution in [0.25, 0.3) is 0 Å². The van der Waals surface area contributed by atoms with E-state index in [1.807, 2.05) is 6.92 Å². The minimum Gasteiger partial charge on any atom is -0.508 e. The number of nitrogens with one attached hydrogen (secondary N) is 1. The maximum atomic E-state index is 13.4. The molecule has 1 aromatic carbocycles. The number of ether oxygens (including phenoxy) is 1. The summed E-state index contributed by atoms with van der Waals surface area (Å²) in [4.78, 5) is 50.0. The van der Waals surface area contributed by atoms with Crippen LogP contribution >= 0.6 is 0 Å². The van der Waals surface area contributed by atoms with E-state index in [4.69, 9.17) is 4.74 Å². The summed E-state index contributed by atoms with van der Waals surface area (Å²) in [5.41, 5.74) is -0.733. The third-order valence-corrected chi connectivity index (χ3v) is 11.1. The average Bonchev–Trinajstić information content (AvgIpc) is 3.22. The van der Waals surface area contributed by atoms with E-state index in [1.54, 1.807) is 30.3 Å². The Morgan fingerprint density at radius 2 is 1.79 bits per heavy atom. The standard InChI is InChI=1S/C33H43NO8/c1-31-14-11-23(36)17-21(31)5-8-24-25-12-15-33(41,32(25,2)18-26(37)30(24)31)27(38)19-42-29(40)10-9-28(39)34-16-13-20-3-6-22(35)7-4-20/h3-4,6-7,17,24-26,30,35,37,41H,5,8-16,18-19H2,1-2H3,(H,34,39)/t24-,25+,26+,30+,31-,32+,33-/m0/s1. The van der Waals surface area contributed by atoms with Gasteiger partial charge in [0.05, 0.1) is 12.5 Å². The lowest BCUT2D eigenvalue weighted by atomic mass is 9.45. The Morgan fingerprint density at radius 1 is 1.05 bits per heavy atom. The number of hydrogen-bond acceptors (Lipinski definition) is 8. The van der Waals surface area contributed by atoms with Crippen LogP contribution in [-0.2, 0) is 30.3 Å². The number of rotatable bonds is 9. The van der Waals surface area contributed by atoms with Gasteiger partial charge in [0.25, 0.3) is 0 Å². The number of aliphatic hydroxyl groups is 2. The van der Waals surface area contributed by atoms with Crippen molar-refractivity contribution in [3.05, 3.63) is 41.5 Å². The molecule has 3 saturated carbocycles. The van der Waals surface area contributed by atoms with E-state index in [-0.39, 0.29) is 66.3 Å². The van der Waals surface area contributed by atoms with Gasteiger partial charge < -0.3 is 25.4 Å². The van der Waals surface area contributed by atoms with Crippen LogP contribution in [-0.4, -0.2) is 63.6 Å². The summed E-state index contributed by atoms with van der Waals surface area (Å²) in [5, 5.41) is 35.4. The van der Waals surface area contributed by atoms with Gasteiger partial charge in [0.1, 0.15) is 11.4 Å². The molecule has 4 N–H and O–H groups in total. The molecular weight excluding hydrogens is 538 g/mol. The van der Waals surface area contributed by atoms with Crippen molar-refractivity contribution >= 4 is 23.4 Å². The number of phenolic OH excluding ortho intramolecular Hbond substituents is 1. The van der Waals surface area contributed by atoms with E-state index in [0.717, 1.165) is 30.4 Å². The number of aliphatic hydroxyl groups excluding tert-OH is 1. The Kier molecular flexibility index (Phi) is 8.38. The second kappa shape index (κ2) is 11.6. The minimum absolute atomic E-state index is 0.0220. The summed E-state index contributed by atoms with van der Waals surface area (Å²) in [6, 6.07) is 6.69. The number of fused-ring (bicyclic) bond motifs is 5. The van der Waals surface area contributed by atoms with Crippen LogP contribution in [0, 0.1) is 28.6 Å². The maximum absolute atomic E-state index is 13.4. The monoisotopic (exact) mass is 581 g/mol. The van der Waals surface area contributed by atoms with Crippen LogP contribution in [0.15, 0.2) is 35.9 Å². The molecule has 7 atom stereocenters. The van der Waals surface area contributed by atoms with Gasteiger partial charge in [-0.25, -0.2) is 0 Å². The first kappa shape index (κ1) is 30.4. The number of amides is 1. The number of aromatic hydroxyl groups is 1. The predicted molar refractivity (Wildman–Crippen MR) is 153 cm³/mol. The number of benzene rings is 1. The van der Waals surface area contributed by atoms with Crippen molar-refractivity contribution in [1.29, 1.82) is 0 Å². The molecule has 9 heteroatoms. The zero-order valence-electron chi connectivity index (χ0n) is 24.6. The lowest BCUT2D eigenvalue weighted by Crippen LogP contribution is -2.62. The Morgan fingerprint density at radius 3 is 2.52 bits per heavy atom. The fourth-order valence-corrected chi connectivity index (χ4v) is 8.80. The van der Waals surface area contributed by atoms with Gasteiger partial charge in [-0.1, -0.05) is 31.6 Å². The first-order valence-electron chi connectivity index (χ1n) is 15.3. The van der Waals surface area contributed by atoms with Crippen LogP contribution < -0.4 is 5.32 Å². The highest BCUT2D eigenvalue weighted by molar-refractivity contribution is 5.92. The lowest BCUT2D eigenvalue weighted by Gasteiger charge is -2.60. The molecule has 1 amide bonds. The maximum Gasteiger partial charge on any atom is 0.306 e. The first-order valence-corrected chi connectivity index (χ1v) is 15.3. The number of Topliss-reactive ketones (excluding diaryl/α,β-unsaturated/α-hetero) is 1. The van der Waals surface area contributed by atoms with Crippen molar-refractivity contribution in [2.24, 2.45) is 28.6 Å². The minimum atomic E-state index is -1.71. The van der Waals surface area contributed by atoms with Crippen LogP contribution in [0.4, 0.5) is 0 Å². The van der Waals surface area contributed by atoms with Gasteiger partial charge in [-0.15, -0.1) is 0 Å². The number of phenols is 1. The Balaban J connectivity index is 1.13. The van der Waals surface area contributed by atoms with Crippen molar-refractivity contribution in [2.75, 3.05) is 13.2 Å².